The summed E-state index contributed by atoms with van der Waals surface area (Å²) in [6, 6.07) is 10.4. The second-order valence-electron chi connectivity index (χ2n) is 5.29. The van der Waals surface area contributed by atoms with E-state index in [0.29, 0.717) is 18.2 Å². The van der Waals surface area contributed by atoms with E-state index in [4.69, 9.17) is 10.4 Å². The summed E-state index contributed by atoms with van der Waals surface area (Å²) < 4.78 is 0. The third-order valence-corrected chi connectivity index (χ3v) is 3.88. The molecule has 2 rings (SSSR count). The fourth-order valence-electron chi connectivity index (χ4n) is 2.78. The zero-order valence-electron chi connectivity index (χ0n) is 11.8. The standard InChI is InChI=1S/C17H22N2O/c18-14-16-9-7-15(8-10-16)4-1-11-19-12-2-5-17(19)6-3-13-20/h1,4,7-10,17,20H,2-3,5-6,11-13H2/b4-1+. The molecule has 1 heterocycles. The first-order valence-electron chi connectivity index (χ1n) is 7.35. The predicted octanol–water partition coefficient (Wildman–Crippen LogP) is 2.81. The van der Waals surface area contributed by atoms with E-state index in [0.717, 1.165) is 31.5 Å². The molecule has 1 aromatic rings. The lowest BCUT2D eigenvalue weighted by atomic mass is 10.1. The van der Waals surface area contributed by atoms with E-state index >= 15 is 0 Å². The van der Waals surface area contributed by atoms with Gasteiger partial charge in [0, 0.05) is 19.2 Å². The largest absolute Gasteiger partial charge is 0.396 e. The van der Waals surface area contributed by atoms with Gasteiger partial charge in [0.25, 0.3) is 0 Å². The van der Waals surface area contributed by atoms with Crippen molar-refractivity contribution < 1.29 is 5.11 Å². The molecule has 1 atom stereocenters. The zero-order valence-corrected chi connectivity index (χ0v) is 11.8. The molecule has 20 heavy (non-hydrogen) atoms. The Morgan fingerprint density at radius 2 is 2.15 bits per heavy atom. The van der Waals surface area contributed by atoms with Crippen molar-refractivity contribution in [3.8, 4) is 6.07 Å². The van der Waals surface area contributed by atoms with E-state index in [1.807, 2.05) is 24.3 Å². The molecule has 0 amide bonds. The number of aliphatic hydroxyl groups excluding tert-OH is 1. The second-order valence-corrected chi connectivity index (χ2v) is 5.29. The molecule has 0 spiro atoms. The van der Waals surface area contributed by atoms with Crippen molar-refractivity contribution in [3.63, 3.8) is 0 Å². The Labute approximate surface area is 121 Å². The number of hydrogen-bond acceptors (Lipinski definition) is 3. The maximum Gasteiger partial charge on any atom is 0.0991 e. The van der Waals surface area contributed by atoms with Crippen LogP contribution in [0.2, 0.25) is 0 Å². The quantitative estimate of drug-likeness (QED) is 0.864. The SMILES string of the molecule is N#Cc1ccc(/C=C/CN2CCCC2CCCO)cc1. The molecule has 1 N–H and O–H groups in total. The number of nitrogens with zero attached hydrogens (tertiary/aromatic N) is 2. The number of rotatable bonds is 6. The number of nitriles is 1. The fraction of sp³-hybridized carbons (Fsp3) is 0.471. The summed E-state index contributed by atoms with van der Waals surface area (Å²) in [5.41, 5.74) is 1.83. The molecule has 1 fully saturated rings. The molecular weight excluding hydrogens is 248 g/mol. The topological polar surface area (TPSA) is 47.3 Å². The van der Waals surface area contributed by atoms with Crippen molar-refractivity contribution in [3.05, 3.63) is 41.5 Å². The summed E-state index contributed by atoms with van der Waals surface area (Å²) in [6.45, 7) is 2.43. The monoisotopic (exact) mass is 270 g/mol. The molecule has 1 aromatic carbocycles. The van der Waals surface area contributed by atoms with E-state index < -0.39 is 0 Å². The van der Waals surface area contributed by atoms with Gasteiger partial charge in [0.15, 0.2) is 0 Å². The Kier molecular flexibility index (Phi) is 5.79. The van der Waals surface area contributed by atoms with Gasteiger partial charge in [-0.25, -0.2) is 0 Å². The molecule has 3 nitrogen and oxygen atoms in total. The van der Waals surface area contributed by atoms with Crippen molar-refractivity contribution in [1.29, 1.82) is 5.26 Å². The third-order valence-electron chi connectivity index (χ3n) is 3.88. The molecule has 1 aliphatic rings. The smallest absolute Gasteiger partial charge is 0.0991 e. The van der Waals surface area contributed by atoms with Gasteiger partial charge in [0.2, 0.25) is 0 Å². The first-order chi connectivity index (χ1) is 9.83. The van der Waals surface area contributed by atoms with Crippen molar-refractivity contribution >= 4 is 6.08 Å². The van der Waals surface area contributed by atoms with Crippen LogP contribution in [0.1, 0.15) is 36.8 Å². The van der Waals surface area contributed by atoms with Gasteiger partial charge in [-0.2, -0.15) is 5.26 Å². The molecule has 106 valence electrons. The Morgan fingerprint density at radius 3 is 2.85 bits per heavy atom. The van der Waals surface area contributed by atoms with Crippen LogP contribution in [0.5, 0.6) is 0 Å². The average Bonchev–Trinajstić information content (AvgIpc) is 2.93. The van der Waals surface area contributed by atoms with Crippen LogP contribution in [0.4, 0.5) is 0 Å². The summed E-state index contributed by atoms with van der Waals surface area (Å²) in [5, 5.41) is 17.7. The van der Waals surface area contributed by atoms with E-state index in [9.17, 15) is 0 Å². The lowest BCUT2D eigenvalue weighted by Crippen LogP contribution is -2.29. The number of aliphatic hydroxyl groups is 1. The minimum Gasteiger partial charge on any atom is -0.396 e. The molecule has 0 aromatic heterocycles. The highest BCUT2D eigenvalue weighted by Crippen LogP contribution is 2.21. The summed E-state index contributed by atoms with van der Waals surface area (Å²) in [5.74, 6) is 0. The van der Waals surface area contributed by atoms with Crippen LogP contribution in [-0.4, -0.2) is 35.7 Å². The van der Waals surface area contributed by atoms with E-state index in [2.05, 4.69) is 23.1 Å². The van der Waals surface area contributed by atoms with Gasteiger partial charge < -0.3 is 5.11 Å². The second kappa shape index (κ2) is 7.84. The van der Waals surface area contributed by atoms with Gasteiger partial charge in [-0.3, -0.25) is 4.90 Å². The summed E-state index contributed by atoms with van der Waals surface area (Å²) in [4.78, 5) is 2.50. The Balaban J connectivity index is 1.84. The molecule has 3 heteroatoms. The minimum atomic E-state index is 0.297. The number of hydrogen-bond donors (Lipinski definition) is 1. The Bertz CT molecular complexity index is 473. The highest BCUT2D eigenvalue weighted by molar-refractivity contribution is 5.51. The zero-order chi connectivity index (χ0) is 14.2. The first kappa shape index (κ1) is 14.8. The van der Waals surface area contributed by atoms with Crippen LogP contribution in [0.15, 0.2) is 30.3 Å². The normalized spacial score (nSPS) is 19.5. The minimum absolute atomic E-state index is 0.297. The molecule has 0 bridgehead atoms. The van der Waals surface area contributed by atoms with E-state index in [1.54, 1.807) is 0 Å². The van der Waals surface area contributed by atoms with E-state index in [-0.39, 0.29) is 0 Å². The van der Waals surface area contributed by atoms with Crippen molar-refractivity contribution in [2.75, 3.05) is 19.7 Å². The number of benzene rings is 1. The van der Waals surface area contributed by atoms with E-state index in [1.165, 1.54) is 12.8 Å². The maximum atomic E-state index is 8.92. The molecule has 1 unspecified atom stereocenters. The molecular formula is C17H22N2O. The van der Waals surface area contributed by atoms with Gasteiger partial charge in [-0.05, 0) is 49.9 Å². The van der Waals surface area contributed by atoms with Crippen LogP contribution in [0.25, 0.3) is 6.08 Å². The average molecular weight is 270 g/mol. The lowest BCUT2D eigenvalue weighted by Gasteiger charge is -2.22. The first-order valence-corrected chi connectivity index (χ1v) is 7.35. The fourth-order valence-corrected chi connectivity index (χ4v) is 2.78. The van der Waals surface area contributed by atoms with Crippen LogP contribution in [-0.2, 0) is 0 Å². The van der Waals surface area contributed by atoms with Gasteiger partial charge in [0.05, 0.1) is 11.6 Å². The van der Waals surface area contributed by atoms with Crippen LogP contribution < -0.4 is 0 Å². The van der Waals surface area contributed by atoms with Crippen molar-refractivity contribution in [2.45, 2.75) is 31.7 Å². The van der Waals surface area contributed by atoms with Crippen LogP contribution >= 0.6 is 0 Å². The van der Waals surface area contributed by atoms with Gasteiger partial charge in [-0.15, -0.1) is 0 Å². The molecule has 1 aliphatic heterocycles. The third kappa shape index (κ3) is 4.19. The molecule has 0 saturated carbocycles. The molecule has 0 aliphatic carbocycles. The number of likely N-dealkylation sites (tertiary alicyclic amines) is 1. The Morgan fingerprint density at radius 1 is 1.35 bits per heavy atom. The van der Waals surface area contributed by atoms with Crippen molar-refractivity contribution in [1.82, 2.24) is 4.90 Å². The summed E-state index contributed by atoms with van der Waals surface area (Å²) in [6.07, 6.45) is 8.83. The maximum absolute atomic E-state index is 8.92. The van der Waals surface area contributed by atoms with Gasteiger partial charge >= 0.3 is 0 Å². The molecule has 1 saturated heterocycles. The Hall–Kier alpha value is -1.63. The van der Waals surface area contributed by atoms with Crippen LogP contribution in [0, 0.1) is 11.3 Å². The molecule has 0 radical (unpaired) electrons. The highest BCUT2D eigenvalue weighted by atomic mass is 16.2. The van der Waals surface area contributed by atoms with Gasteiger partial charge in [0.1, 0.15) is 0 Å². The van der Waals surface area contributed by atoms with Gasteiger partial charge in [-0.1, -0.05) is 24.3 Å². The predicted molar refractivity (Wildman–Crippen MR) is 81.1 cm³/mol. The highest BCUT2D eigenvalue weighted by Gasteiger charge is 2.22. The lowest BCUT2D eigenvalue weighted by molar-refractivity contribution is 0.230. The van der Waals surface area contributed by atoms with Crippen LogP contribution in [0.3, 0.4) is 0 Å². The summed E-state index contributed by atoms with van der Waals surface area (Å²) >= 11 is 0. The summed E-state index contributed by atoms with van der Waals surface area (Å²) in [7, 11) is 0. The van der Waals surface area contributed by atoms with Crippen molar-refractivity contribution in [2.24, 2.45) is 0 Å².